The first-order chi connectivity index (χ1) is 8.65. The van der Waals surface area contributed by atoms with Gasteiger partial charge in [-0.1, -0.05) is 5.11 Å². The largest absolute Gasteiger partial charge is 0.394 e. The summed E-state index contributed by atoms with van der Waals surface area (Å²) in [5.41, 5.74) is 7.47. The molecule has 0 unspecified atom stereocenters. The van der Waals surface area contributed by atoms with Crippen LogP contribution in [0.25, 0.3) is 10.4 Å². The van der Waals surface area contributed by atoms with E-state index >= 15 is 0 Å². The minimum atomic E-state index is -0.641. The van der Waals surface area contributed by atoms with E-state index in [0.717, 1.165) is 0 Å². The molecule has 0 amide bonds. The first kappa shape index (κ1) is 12.4. The van der Waals surface area contributed by atoms with Crippen molar-refractivity contribution in [2.75, 3.05) is 6.61 Å². The summed E-state index contributed by atoms with van der Waals surface area (Å²) in [5, 5.41) is 12.6. The quantitative estimate of drug-likeness (QED) is 0.381. The molecule has 9 nitrogen and oxygen atoms in total. The molecule has 1 aliphatic heterocycles. The van der Waals surface area contributed by atoms with Crippen LogP contribution in [-0.4, -0.2) is 33.8 Å². The Morgan fingerprint density at radius 3 is 3.00 bits per heavy atom. The number of aromatic nitrogens is 2. The number of azide groups is 1. The highest BCUT2D eigenvalue weighted by Crippen LogP contribution is 2.32. The van der Waals surface area contributed by atoms with Crippen molar-refractivity contribution in [1.82, 2.24) is 9.97 Å². The number of aliphatic hydroxyl groups excluding tert-OH is 1. The van der Waals surface area contributed by atoms with Crippen LogP contribution in [0.5, 0.6) is 0 Å². The molecule has 18 heavy (non-hydrogen) atoms. The number of hydrogen-bond donors (Lipinski definition) is 3. The number of hydrogen-bond acceptors (Lipinski definition) is 5. The minimum Gasteiger partial charge on any atom is -0.394 e. The molecule has 2 rings (SSSR count). The standard InChI is InChI=1S/C9H11N5O4/c10-14-13-5-1-6(18-7(5)3-15)4-2-11-9(17)12-8(4)16/h2,5-7,15H,1,3H2,(H2,11,12,16,17)/t5-,6+,7+/m0/s1. The Hall–Kier alpha value is -2.09. The molecular weight excluding hydrogens is 242 g/mol. The Labute approximate surface area is 100 Å². The van der Waals surface area contributed by atoms with Gasteiger partial charge in [0.05, 0.1) is 30.4 Å². The molecule has 0 spiro atoms. The molecule has 3 atom stereocenters. The van der Waals surface area contributed by atoms with Crippen molar-refractivity contribution in [3.63, 3.8) is 0 Å². The molecule has 0 radical (unpaired) electrons. The van der Waals surface area contributed by atoms with Crippen LogP contribution >= 0.6 is 0 Å². The van der Waals surface area contributed by atoms with E-state index in [1.54, 1.807) is 0 Å². The zero-order valence-electron chi connectivity index (χ0n) is 9.24. The van der Waals surface area contributed by atoms with E-state index in [1.165, 1.54) is 6.20 Å². The third kappa shape index (κ3) is 2.28. The molecule has 0 aromatic carbocycles. The molecule has 96 valence electrons. The highest BCUT2D eigenvalue weighted by Gasteiger charge is 2.36. The van der Waals surface area contributed by atoms with Gasteiger partial charge in [0.1, 0.15) is 0 Å². The van der Waals surface area contributed by atoms with Crippen LogP contribution in [0.3, 0.4) is 0 Å². The summed E-state index contributed by atoms with van der Waals surface area (Å²) in [4.78, 5) is 29.5. The summed E-state index contributed by atoms with van der Waals surface area (Å²) in [7, 11) is 0. The molecule has 1 saturated heterocycles. The third-order valence-electron chi connectivity index (χ3n) is 2.80. The second-order valence-corrected chi connectivity index (χ2v) is 3.88. The second kappa shape index (κ2) is 5.05. The minimum absolute atomic E-state index is 0.240. The van der Waals surface area contributed by atoms with E-state index < -0.39 is 29.5 Å². The van der Waals surface area contributed by atoms with E-state index in [2.05, 4.69) is 20.0 Å². The number of aliphatic hydroxyl groups is 1. The van der Waals surface area contributed by atoms with E-state index in [4.69, 9.17) is 15.4 Å². The average molecular weight is 253 g/mol. The van der Waals surface area contributed by atoms with E-state index in [-0.39, 0.29) is 18.6 Å². The van der Waals surface area contributed by atoms with Gasteiger partial charge < -0.3 is 14.8 Å². The van der Waals surface area contributed by atoms with Crippen molar-refractivity contribution >= 4 is 0 Å². The van der Waals surface area contributed by atoms with E-state index in [0.29, 0.717) is 0 Å². The lowest BCUT2D eigenvalue weighted by molar-refractivity contribution is 0.00649. The summed E-state index contributed by atoms with van der Waals surface area (Å²) in [5.74, 6) is 0. The maximum Gasteiger partial charge on any atom is 0.325 e. The lowest BCUT2D eigenvalue weighted by Crippen LogP contribution is -2.26. The van der Waals surface area contributed by atoms with Crippen molar-refractivity contribution in [3.8, 4) is 0 Å². The molecule has 1 aromatic heterocycles. The Bertz CT molecular complexity index is 587. The monoisotopic (exact) mass is 253 g/mol. The molecule has 2 heterocycles. The lowest BCUT2D eigenvalue weighted by Gasteiger charge is -2.11. The molecule has 3 N–H and O–H groups in total. The number of aromatic amines is 2. The normalized spacial score (nSPS) is 26.8. The van der Waals surface area contributed by atoms with Crippen LogP contribution in [-0.2, 0) is 4.74 Å². The van der Waals surface area contributed by atoms with Gasteiger partial charge in [-0.25, -0.2) is 4.79 Å². The lowest BCUT2D eigenvalue weighted by atomic mass is 10.1. The molecule has 1 aromatic rings. The predicted octanol–water partition coefficient (Wildman–Crippen LogP) is -0.436. The van der Waals surface area contributed by atoms with Crippen molar-refractivity contribution in [1.29, 1.82) is 0 Å². The van der Waals surface area contributed by atoms with Gasteiger partial charge in [-0.05, 0) is 12.0 Å². The summed E-state index contributed by atoms with van der Waals surface area (Å²) in [6, 6.07) is -0.531. The number of ether oxygens (including phenoxy) is 1. The van der Waals surface area contributed by atoms with Gasteiger partial charge in [-0.3, -0.25) is 9.78 Å². The van der Waals surface area contributed by atoms with Crippen molar-refractivity contribution < 1.29 is 9.84 Å². The Kier molecular flexibility index (Phi) is 3.47. The van der Waals surface area contributed by atoms with Crippen molar-refractivity contribution in [2.24, 2.45) is 5.11 Å². The smallest absolute Gasteiger partial charge is 0.325 e. The summed E-state index contributed by atoms with van der Waals surface area (Å²) in [6.45, 7) is -0.304. The number of nitrogens with zero attached hydrogens (tertiary/aromatic N) is 3. The Morgan fingerprint density at radius 2 is 2.39 bits per heavy atom. The van der Waals surface area contributed by atoms with Crippen LogP contribution in [0.4, 0.5) is 0 Å². The maximum absolute atomic E-state index is 11.6. The summed E-state index contributed by atoms with van der Waals surface area (Å²) < 4.78 is 5.43. The van der Waals surface area contributed by atoms with Crippen LogP contribution in [0.15, 0.2) is 20.9 Å². The molecular formula is C9H11N5O4. The highest BCUT2D eigenvalue weighted by atomic mass is 16.5. The van der Waals surface area contributed by atoms with Gasteiger partial charge in [-0.15, -0.1) is 0 Å². The zero-order chi connectivity index (χ0) is 13.1. The zero-order valence-corrected chi connectivity index (χ0v) is 9.24. The molecule has 9 heteroatoms. The van der Waals surface area contributed by atoms with Crippen LogP contribution in [0.1, 0.15) is 18.1 Å². The average Bonchev–Trinajstić information content (AvgIpc) is 2.72. The molecule has 0 bridgehead atoms. The Morgan fingerprint density at radius 1 is 1.61 bits per heavy atom. The van der Waals surface area contributed by atoms with Crippen LogP contribution < -0.4 is 11.2 Å². The van der Waals surface area contributed by atoms with Gasteiger partial charge in [-0.2, -0.15) is 0 Å². The SMILES string of the molecule is [N-]=[N+]=N[C@H]1C[C@H](c2c[nH]c(=O)[nH]c2=O)O[C@@H]1CO. The Balaban J connectivity index is 2.28. The topological polar surface area (TPSA) is 144 Å². The number of H-pyrrole nitrogens is 2. The first-order valence-electron chi connectivity index (χ1n) is 5.28. The fourth-order valence-corrected chi connectivity index (χ4v) is 1.94. The fourth-order valence-electron chi connectivity index (χ4n) is 1.94. The third-order valence-corrected chi connectivity index (χ3v) is 2.80. The second-order valence-electron chi connectivity index (χ2n) is 3.88. The summed E-state index contributed by atoms with van der Waals surface area (Å²) >= 11 is 0. The van der Waals surface area contributed by atoms with Gasteiger partial charge in [0.25, 0.3) is 5.56 Å². The van der Waals surface area contributed by atoms with Crippen molar-refractivity contribution in [2.45, 2.75) is 24.7 Å². The van der Waals surface area contributed by atoms with Crippen molar-refractivity contribution in [3.05, 3.63) is 43.0 Å². The predicted molar refractivity (Wildman–Crippen MR) is 59.9 cm³/mol. The molecule has 1 aliphatic rings. The van der Waals surface area contributed by atoms with Gasteiger partial charge in [0, 0.05) is 11.1 Å². The molecule has 0 saturated carbocycles. The van der Waals surface area contributed by atoms with E-state index in [9.17, 15) is 9.59 Å². The van der Waals surface area contributed by atoms with Gasteiger partial charge >= 0.3 is 5.69 Å². The maximum atomic E-state index is 11.6. The number of rotatable bonds is 3. The summed E-state index contributed by atoms with van der Waals surface area (Å²) in [6.07, 6.45) is 0.291. The molecule has 0 aliphatic carbocycles. The number of nitrogens with one attached hydrogen (secondary N) is 2. The van der Waals surface area contributed by atoms with Crippen LogP contribution in [0, 0.1) is 0 Å². The fraction of sp³-hybridized carbons (Fsp3) is 0.556. The van der Waals surface area contributed by atoms with Gasteiger partial charge in [0.15, 0.2) is 0 Å². The first-order valence-corrected chi connectivity index (χ1v) is 5.28. The van der Waals surface area contributed by atoms with Gasteiger partial charge in [0.2, 0.25) is 0 Å². The molecule has 1 fully saturated rings. The van der Waals surface area contributed by atoms with Crippen LogP contribution in [0.2, 0.25) is 0 Å². The van der Waals surface area contributed by atoms with E-state index in [1.807, 2.05) is 0 Å². The highest BCUT2D eigenvalue weighted by molar-refractivity contribution is 5.11.